The lowest BCUT2D eigenvalue weighted by molar-refractivity contribution is -0.127. The van der Waals surface area contributed by atoms with Crippen LogP contribution in [0.1, 0.15) is 36.8 Å². The van der Waals surface area contributed by atoms with E-state index in [0.29, 0.717) is 18.4 Å². The third-order valence-electron chi connectivity index (χ3n) is 7.09. The SMILES string of the molecule is C=CC1CC1(NC(=O)[C@@H]1C[C@@H](OC(=O)N2Cc3cccc(F)c3C2)CN1)C(=O)S(=O)(=O)C1CC1.Cl. The van der Waals surface area contributed by atoms with Crippen LogP contribution in [-0.4, -0.2) is 59.9 Å². The van der Waals surface area contributed by atoms with Crippen LogP contribution in [0.15, 0.2) is 30.9 Å². The zero-order chi connectivity index (χ0) is 24.3. The number of carbonyl (C=O) groups excluding carboxylic acids is 3. The van der Waals surface area contributed by atoms with Crippen molar-refractivity contribution in [3.63, 3.8) is 0 Å². The molecule has 12 heteroatoms. The minimum Gasteiger partial charge on any atom is -0.445 e. The molecule has 190 valence electrons. The molecule has 9 nitrogen and oxygen atoms in total. The van der Waals surface area contributed by atoms with Crippen LogP contribution in [0.3, 0.4) is 0 Å². The number of halogens is 2. The van der Waals surface area contributed by atoms with E-state index in [2.05, 4.69) is 17.2 Å². The molecule has 2 heterocycles. The van der Waals surface area contributed by atoms with Gasteiger partial charge in [-0.1, -0.05) is 18.2 Å². The number of hydrogen-bond donors (Lipinski definition) is 2. The van der Waals surface area contributed by atoms with Crippen molar-refractivity contribution in [2.24, 2.45) is 5.92 Å². The molecule has 2 N–H and O–H groups in total. The molecule has 2 aliphatic carbocycles. The Bertz CT molecular complexity index is 1190. The summed E-state index contributed by atoms with van der Waals surface area (Å²) in [7, 11) is -3.96. The maximum atomic E-state index is 13.9. The molecule has 2 saturated carbocycles. The van der Waals surface area contributed by atoms with E-state index in [4.69, 9.17) is 4.74 Å². The fraction of sp³-hybridized carbons (Fsp3) is 0.522. The first-order valence-corrected chi connectivity index (χ1v) is 12.9. The van der Waals surface area contributed by atoms with Gasteiger partial charge in [0, 0.05) is 31.0 Å². The third kappa shape index (κ3) is 4.56. The van der Waals surface area contributed by atoms with Crippen molar-refractivity contribution in [1.29, 1.82) is 0 Å². The van der Waals surface area contributed by atoms with Gasteiger partial charge in [0.2, 0.25) is 15.7 Å². The summed E-state index contributed by atoms with van der Waals surface area (Å²) in [6, 6.07) is 3.96. The molecule has 1 aromatic carbocycles. The minimum atomic E-state index is -3.96. The van der Waals surface area contributed by atoms with Gasteiger partial charge in [-0.05, 0) is 30.9 Å². The molecule has 1 saturated heterocycles. The summed E-state index contributed by atoms with van der Waals surface area (Å²) in [6.45, 7) is 4.25. The molecule has 0 aromatic heterocycles. The Morgan fingerprint density at radius 3 is 2.63 bits per heavy atom. The molecule has 3 fully saturated rings. The Labute approximate surface area is 208 Å². The topological polar surface area (TPSA) is 122 Å². The summed E-state index contributed by atoms with van der Waals surface area (Å²) < 4.78 is 44.5. The van der Waals surface area contributed by atoms with Crippen LogP contribution in [0.4, 0.5) is 9.18 Å². The Hall–Kier alpha value is -2.50. The Kier molecular flexibility index (Phi) is 6.71. The zero-order valence-corrected chi connectivity index (χ0v) is 20.5. The normalized spacial score (nSPS) is 29.1. The number of carbonyl (C=O) groups is 3. The maximum absolute atomic E-state index is 13.9. The average Bonchev–Trinajstić information content (AvgIpc) is 3.68. The first-order chi connectivity index (χ1) is 16.2. The molecule has 0 radical (unpaired) electrons. The Morgan fingerprint density at radius 2 is 2.00 bits per heavy atom. The van der Waals surface area contributed by atoms with E-state index in [0.717, 1.165) is 5.56 Å². The number of amides is 2. The molecule has 0 bridgehead atoms. The number of nitrogens with one attached hydrogen (secondary N) is 2. The van der Waals surface area contributed by atoms with Crippen molar-refractivity contribution in [3.8, 4) is 0 Å². The van der Waals surface area contributed by atoms with Crippen LogP contribution in [0.2, 0.25) is 0 Å². The van der Waals surface area contributed by atoms with E-state index in [1.165, 1.54) is 17.0 Å². The van der Waals surface area contributed by atoms with Crippen LogP contribution in [0.25, 0.3) is 0 Å². The Morgan fingerprint density at radius 1 is 1.26 bits per heavy atom. The first kappa shape index (κ1) is 25.6. The quantitative estimate of drug-likeness (QED) is 0.539. The number of sulfone groups is 1. The number of hydrogen-bond acceptors (Lipinski definition) is 7. The van der Waals surface area contributed by atoms with Crippen LogP contribution < -0.4 is 10.6 Å². The fourth-order valence-corrected chi connectivity index (χ4v) is 6.67. The van der Waals surface area contributed by atoms with Crippen LogP contribution >= 0.6 is 12.4 Å². The van der Waals surface area contributed by atoms with Crippen LogP contribution in [0.5, 0.6) is 0 Å². The molecule has 2 aliphatic heterocycles. The Balaban J connectivity index is 0.00000289. The van der Waals surface area contributed by atoms with E-state index in [9.17, 15) is 27.2 Å². The molecule has 35 heavy (non-hydrogen) atoms. The van der Waals surface area contributed by atoms with Gasteiger partial charge in [0.15, 0.2) is 0 Å². The van der Waals surface area contributed by atoms with Crippen molar-refractivity contribution < 1.29 is 31.9 Å². The van der Waals surface area contributed by atoms with Gasteiger partial charge in [-0.3, -0.25) is 14.5 Å². The highest BCUT2D eigenvalue weighted by Crippen LogP contribution is 2.48. The highest BCUT2D eigenvalue weighted by atomic mass is 35.5. The number of benzene rings is 1. The summed E-state index contributed by atoms with van der Waals surface area (Å²) >= 11 is 0. The summed E-state index contributed by atoms with van der Waals surface area (Å²) in [6.07, 6.45) is 1.60. The van der Waals surface area contributed by atoms with Crippen molar-refractivity contribution >= 4 is 39.4 Å². The molecular weight excluding hydrogens is 501 g/mol. The molecule has 0 spiro atoms. The monoisotopic (exact) mass is 527 g/mol. The van der Waals surface area contributed by atoms with Crippen LogP contribution in [-0.2, 0) is 37.3 Å². The van der Waals surface area contributed by atoms with Gasteiger partial charge < -0.3 is 15.4 Å². The van der Waals surface area contributed by atoms with Crippen molar-refractivity contribution in [3.05, 3.63) is 47.8 Å². The molecular formula is C23H27ClFN3O6S. The third-order valence-corrected chi connectivity index (χ3v) is 9.32. The summed E-state index contributed by atoms with van der Waals surface area (Å²) in [5, 5.41) is 4.03. The lowest BCUT2D eigenvalue weighted by Gasteiger charge is -2.21. The molecule has 1 aromatic rings. The number of ether oxygens (including phenoxy) is 1. The predicted octanol–water partition coefficient (Wildman–Crippen LogP) is 1.59. The number of rotatable bonds is 6. The van der Waals surface area contributed by atoms with Gasteiger partial charge in [0.1, 0.15) is 17.5 Å². The zero-order valence-electron chi connectivity index (χ0n) is 18.9. The summed E-state index contributed by atoms with van der Waals surface area (Å²) in [4.78, 5) is 39.7. The predicted molar refractivity (Wildman–Crippen MR) is 126 cm³/mol. The van der Waals surface area contributed by atoms with Crippen LogP contribution in [0, 0.1) is 11.7 Å². The van der Waals surface area contributed by atoms with E-state index >= 15 is 0 Å². The van der Waals surface area contributed by atoms with Gasteiger partial charge in [0.05, 0.1) is 17.8 Å². The second-order valence-corrected chi connectivity index (χ2v) is 11.6. The van der Waals surface area contributed by atoms with Crippen molar-refractivity contribution in [1.82, 2.24) is 15.5 Å². The first-order valence-electron chi connectivity index (χ1n) is 11.3. The maximum Gasteiger partial charge on any atom is 0.410 e. The minimum absolute atomic E-state index is 0. The van der Waals surface area contributed by atoms with Gasteiger partial charge in [-0.25, -0.2) is 17.6 Å². The van der Waals surface area contributed by atoms with E-state index < -0.39 is 55.8 Å². The van der Waals surface area contributed by atoms with Gasteiger partial charge >= 0.3 is 6.09 Å². The molecule has 4 aliphatic rings. The second kappa shape index (κ2) is 9.18. The smallest absolute Gasteiger partial charge is 0.410 e. The molecule has 4 atom stereocenters. The van der Waals surface area contributed by atoms with Gasteiger partial charge in [0.25, 0.3) is 5.12 Å². The molecule has 2 amide bonds. The molecule has 2 unspecified atom stereocenters. The number of fused-ring (bicyclic) bond motifs is 1. The average molecular weight is 528 g/mol. The largest absolute Gasteiger partial charge is 0.445 e. The van der Waals surface area contributed by atoms with E-state index in [1.54, 1.807) is 12.1 Å². The van der Waals surface area contributed by atoms with Crippen molar-refractivity contribution in [2.75, 3.05) is 6.54 Å². The molecule has 5 rings (SSSR count). The highest BCUT2D eigenvalue weighted by molar-refractivity contribution is 8.07. The van der Waals surface area contributed by atoms with Gasteiger partial charge in [-0.15, -0.1) is 19.0 Å². The lowest BCUT2D eigenvalue weighted by atomic mass is 10.1. The standard InChI is InChI=1S/C23H26FN3O6S.ClH/c1-2-14-9-23(14,21(29)34(31,32)16-6-7-16)26-20(28)19-8-15(10-25-19)33-22(30)27-11-13-4-3-5-18(24)17(13)12-27;/h2-5,14-16,19,25H,1,6-12H2,(H,26,28);1H/t14?,15-,19+,23?;/m1./s1. The number of nitrogens with zero attached hydrogens (tertiary/aromatic N) is 1. The van der Waals surface area contributed by atoms with E-state index in [-0.39, 0.29) is 50.7 Å². The van der Waals surface area contributed by atoms with E-state index in [1.807, 2.05) is 0 Å². The lowest BCUT2D eigenvalue weighted by Crippen LogP contribution is -2.53. The fourth-order valence-electron chi connectivity index (χ4n) is 4.81. The van der Waals surface area contributed by atoms with Gasteiger partial charge in [-0.2, -0.15) is 0 Å². The second-order valence-electron chi connectivity index (χ2n) is 9.47. The summed E-state index contributed by atoms with van der Waals surface area (Å²) in [5.41, 5.74) is -0.267. The van der Waals surface area contributed by atoms with Crippen molar-refractivity contribution in [2.45, 2.75) is 61.7 Å². The summed E-state index contributed by atoms with van der Waals surface area (Å²) in [5.74, 6) is -1.32. The highest BCUT2D eigenvalue weighted by Gasteiger charge is 2.65.